The Labute approximate surface area is 140 Å². The Balaban J connectivity index is 1.88. The van der Waals surface area contributed by atoms with Crippen LogP contribution in [0.4, 0.5) is 5.69 Å². The van der Waals surface area contributed by atoms with Gasteiger partial charge in [-0.2, -0.15) is 0 Å². The average molecular weight is 338 g/mol. The fourth-order valence-corrected chi connectivity index (χ4v) is 2.46. The molecule has 124 valence electrons. The molecule has 1 aromatic rings. The van der Waals surface area contributed by atoms with E-state index >= 15 is 0 Å². The molecule has 2 atom stereocenters. The standard InChI is InChI=1S/C16H20ClN3O3/c1-9-7-12(9)16(23)19-6-5-14(21)20-13-8-10(17)3-4-11(13)15(22)18-2/h3-4,8-9,12H,5-7H2,1-2H3,(H,18,22)(H,19,23)(H,20,21)/t9-,12+/m1/s1. The molecule has 0 heterocycles. The van der Waals surface area contributed by atoms with Crippen LogP contribution in [0.1, 0.15) is 30.1 Å². The van der Waals surface area contributed by atoms with Crippen LogP contribution in [0.5, 0.6) is 0 Å². The summed E-state index contributed by atoms with van der Waals surface area (Å²) in [7, 11) is 1.51. The fourth-order valence-electron chi connectivity index (χ4n) is 2.28. The molecule has 0 unspecified atom stereocenters. The van der Waals surface area contributed by atoms with Gasteiger partial charge >= 0.3 is 0 Å². The predicted octanol–water partition coefficient (Wildman–Crippen LogP) is 1.80. The molecule has 3 amide bonds. The van der Waals surface area contributed by atoms with Gasteiger partial charge in [-0.3, -0.25) is 14.4 Å². The van der Waals surface area contributed by atoms with E-state index in [1.54, 1.807) is 12.1 Å². The summed E-state index contributed by atoms with van der Waals surface area (Å²) in [6, 6.07) is 4.65. The van der Waals surface area contributed by atoms with E-state index < -0.39 is 0 Å². The van der Waals surface area contributed by atoms with Crippen LogP contribution in [0.25, 0.3) is 0 Å². The molecule has 0 bridgehead atoms. The van der Waals surface area contributed by atoms with Gasteiger partial charge in [-0.1, -0.05) is 18.5 Å². The van der Waals surface area contributed by atoms with Crippen LogP contribution in [0, 0.1) is 11.8 Å². The smallest absolute Gasteiger partial charge is 0.253 e. The van der Waals surface area contributed by atoms with Gasteiger partial charge in [0.05, 0.1) is 11.3 Å². The maximum atomic E-state index is 12.0. The van der Waals surface area contributed by atoms with E-state index in [0.29, 0.717) is 22.2 Å². The van der Waals surface area contributed by atoms with Gasteiger partial charge < -0.3 is 16.0 Å². The summed E-state index contributed by atoms with van der Waals surface area (Å²) in [5.74, 6) is -0.0788. The van der Waals surface area contributed by atoms with E-state index in [4.69, 9.17) is 11.6 Å². The van der Waals surface area contributed by atoms with E-state index in [-0.39, 0.29) is 36.6 Å². The molecule has 0 radical (unpaired) electrons. The van der Waals surface area contributed by atoms with Crippen molar-refractivity contribution >= 4 is 35.0 Å². The van der Waals surface area contributed by atoms with Gasteiger partial charge in [0.1, 0.15) is 0 Å². The van der Waals surface area contributed by atoms with Crippen LogP contribution in [-0.4, -0.2) is 31.3 Å². The molecule has 1 aliphatic rings. The molecule has 1 fully saturated rings. The first-order valence-corrected chi connectivity index (χ1v) is 7.89. The molecular formula is C16H20ClN3O3. The van der Waals surface area contributed by atoms with Gasteiger partial charge in [-0.05, 0) is 30.5 Å². The van der Waals surface area contributed by atoms with Gasteiger partial charge in [-0.25, -0.2) is 0 Å². The Kier molecular flexibility index (Phi) is 5.60. The van der Waals surface area contributed by atoms with Gasteiger partial charge in [0.2, 0.25) is 11.8 Å². The minimum absolute atomic E-state index is 0.000828. The molecule has 2 rings (SSSR count). The molecule has 1 aliphatic carbocycles. The molecule has 0 aliphatic heterocycles. The number of carbonyl (C=O) groups is 3. The second-order valence-electron chi connectivity index (χ2n) is 5.68. The van der Waals surface area contributed by atoms with Crippen molar-refractivity contribution in [3.63, 3.8) is 0 Å². The van der Waals surface area contributed by atoms with Crippen LogP contribution >= 0.6 is 11.6 Å². The molecule has 1 aromatic carbocycles. The van der Waals surface area contributed by atoms with Crippen LogP contribution in [0.2, 0.25) is 5.02 Å². The highest BCUT2D eigenvalue weighted by atomic mass is 35.5. The zero-order valence-corrected chi connectivity index (χ0v) is 13.9. The molecule has 0 spiro atoms. The number of amides is 3. The second kappa shape index (κ2) is 7.46. The Morgan fingerprint density at radius 2 is 2.00 bits per heavy atom. The Morgan fingerprint density at radius 3 is 2.61 bits per heavy atom. The highest BCUT2D eigenvalue weighted by molar-refractivity contribution is 6.31. The molecule has 6 nitrogen and oxygen atoms in total. The number of halogens is 1. The summed E-state index contributed by atoms with van der Waals surface area (Å²) in [4.78, 5) is 35.4. The third kappa shape index (κ3) is 4.69. The van der Waals surface area contributed by atoms with Crippen molar-refractivity contribution in [1.29, 1.82) is 0 Å². The zero-order valence-electron chi connectivity index (χ0n) is 13.1. The normalized spacial score (nSPS) is 18.9. The van der Waals surface area contributed by atoms with E-state index in [2.05, 4.69) is 16.0 Å². The van der Waals surface area contributed by atoms with Gasteiger partial charge in [0.25, 0.3) is 5.91 Å². The first kappa shape index (κ1) is 17.3. The van der Waals surface area contributed by atoms with E-state index in [1.165, 1.54) is 13.1 Å². The largest absolute Gasteiger partial charge is 0.355 e. The molecule has 0 saturated heterocycles. The first-order valence-electron chi connectivity index (χ1n) is 7.51. The summed E-state index contributed by atoms with van der Waals surface area (Å²) < 4.78 is 0. The summed E-state index contributed by atoms with van der Waals surface area (Å²) in [5.41, 5.74) is 0.685. The molecule has 7 heteroatoms. The monoisotopic (exact) mass is 337 g/mol. The van der Waals surface area contributed by atoms with Crippen molar-refractivity contribution in [2.24, 2.45) is 11.8 Å². The summed E-state index contributed by atoms with van der Waals surface area (Å²) in [6.07, 6.45) is 1.04. The first-order chi connectivity index (χ1) is 10.9. The summed E-state index contributed by atoms with van der Waals surface area (Å²) in [5, 5.41) is 8.33. The third-order valence-electron chi connectivity index (χ3n) is 3.82. The van der Waals surface area contributed by atoms with Crippen LogP contribution < -0.4 is 16.0 Å². The van der Waals surface area contributed by atoms with Crippen LogP contribution in [0.15, 0.2) is 18.2 Å². The number of anilines is 1. The summed E-state index contributed by atoms with van der Waals surface area (Å²) in [6.45, 7) is 2.29. The SMILES string of the molecule is CNC(=O)c1ccc(Cl)cc1NC(=O)CCNC(=O)[C@H]1C[C@H]1C. The molecule has 1 saturated carbocycles. The van der Waals surface area contributed by atoms with Crippen molar-refractivity contribution in [2.75, 3.05) is 18.9 Å². The minimum atomic E-state index is -0.312. The van der Waals surface area contributed by atoms with Crippen molar-refractivity contribution in [2.45, 2.75) is 19.8 Å². The van der Waals surface area contributed by atoms with E-state index in [9.17, 15) is 14.4 Å². The highest BCUT2D eigenvalue weighted by Gasteiger charge is 2.38. The van der Waals surface area contributed by atoms with Crippen molar-refractivity contribution in [1.82, 2.24) is 10.6 Å². The number of hydrogen-bond donors (Lipinski definition) is 3. The second-order valence-corrected chi connectivity index (χ2v) is 6.11. The van der Waals surface area contributed by atoms with E-state index in [0.717, 1.165) is 6.42 Å². The van der Waals surface area contributed by atoms with Crippen LogP contribution in [-0.2, 0) is 9.59 Å². The third-order valence-corrected chi connectivity index (χ3v) is 4.06. The zero-order chi connectivity index (χ0) is 17.0. The van der Waals surface area contributed by atoms with Crippen molar-refractivity contribution in [3.8, 4) is 0 Å². The van der Waals surface area contributed by atoms with Gasteiger partial charge in [0, 0.05) is 31.0 Å². The topological polar surface area (TPSA) is 87.3 Å². The maximum Gasteiger partial charge on any atom is 0.253 e. The van der Waals surface area contributed by atoms with E-state index in [1.807, 2.05) is 6.92 Å². The molecule has 3 N–H and O–H groups in total. The number of carbonyl (C=O) groups excluding carboxylic acids is 3. The number of hydrogen-bond acceptors (Lipinski definition) is 3. The Morgan fingerprint density at radius 1 is 1.30 bits per heavy atom. The van der Waals surface area contributed by atoms with Gasteiger partial charge in [-0.15, -0.1) is 0 Å². The van der Waals surface area contributed by atoms with Crippen molar-refractivity contribution in [3.05, 3.63) is 28.8 Å². The highest BCUT2D eigenvalue weighted by Crippen LogP contribution is 2.37. The Bertz CT molecular complexity index is 633. The number of rotatable bonds is 6. The Hall–Kier alpha value is -2.08. The lowest BCUT2D eigenvalue weighted by molar-refractivity contribution is -0.122. The molecular weight excluding hydrogens is 318 g/mol. The lowest BCUT2D eigenvalue weighted by Gasteiger charge is -2.11. The van der Waals surface area contributed by atoms with Crippen molar-refractivity contribution < 1.29 is 14.4 Å². The number of nitrogens with one attached hydrogen (secondary N) is 3. The quantitative estimate of drug-likeness (QED) is 0.739. The molecule has 0 aromatic heterocycles. The average Bonchev–Trinajstić information content (AvgIpc) is 3.23. The minimum Gasteiger partial charge on any atom is -0.355 e. The van der Waals surface area contributed by atoms with Crippen LogP contribution in [0.3, 0.4) is 0 Å². The number of benzene rings is 1. The van der Waals surface area contributed by atoms with Gasteiger partial charge in [0.15, 0.2) is 0 Å². The summed E-state index contributed by atoms with van der Waals surface area (Å²) >= 11 is 5.91. The lowest BCUT2D eigenvalue weighted by atomic mass is 10.1. The predicted molar refractivity (Wildman–Crippen MR) is 88.4 cm³/mol. The lowest BCUT2D eigenvalue weighted by Crippen LogP contribution is -2.29. The maximum absolute atomic E-state index is 12.0. The molecule has 23 heavy (non-hydrogen) atoms. The fraction of sp³-hybridized carbons (Fsp3) is 0.438.